The zero-order valence-corrected chi connectivity index (χ0v) is 10.5. The van der Waals surface area contributed by atoms with Crippen LogP contribution in [0, 0.1) is 5.92 Å². The van der Waals surface area contributed by atoms with Crippen LogP contribution in [0.4, 0.5) is 13.2 Å². The fourth-order valence-electron chi connectivity index (χ4n) is 2.66. The van der Waals surface area contributed by atoms with Crippen LogP contribution in [0.3, 0.4) is 0 Å². The summed E-state index contributed by atoms with van der Waals surface area (Å²) in [5, 5.41) is 10.1. The Hall–Kier alpha value is -1.23. The number of rotatable bonds is 4. The van der Waals surface area contributed by atoms with Crippen molar-refractivity contribution in [3.8, 4) is 5.75 Å². The first-order valence-corrected chi connectivity index (χ1v) is 6.48. The molecular weight excluding hydrogens is 257 g/mol. The van der Waals surface area contributed by atoms with Crippen LogP contribution in [0.5, 0.6) is 5.75 Å². The van der Waals surface area contributed by atoms with Gasteiger partial charge in [-0.2, -0.15) is 0 Å². The molecule has 0 radical (unpaired) electrons. The zero-order chi connectivity index (χ0) is 13.9. The average Bonchev–Trinajstić information content (AvgIpc) is 2.80. The van der Waals surface area contributed by atoms with E-state index < -0.39 is 12.5 Å². The lowest BCUT2D eigenvalue weighted by atomic mass is 9.95. The van der Waals surface area contributed by atoms with Crippen molar-refractivity contribution in [2.24, 2.45) is 5.92 Å². The van der Waals surface area contributed by atoms with Crippen molar-refractivity contribution >= 4 is 0 Å². The lowest BCUT2D eigenvalue weighted by molar-refractivity contribution is -0.275. The second-order valence-corrected chi connectivity index (χ2v) is 4.99. The number of aliphatic hydroxyl groups excluding tert-OH is 1. The monoisotopic (exact) mass is 274 g/mol. The van der Waals surface area contributed by atoms with Crippen molar-refractivity contribution in [1.82, 2.24) is 0 Å². The van der Waals surface area contributed by atoms with E-state index in [-0.39, 0.29) is 11.3 Å². The first-order valence-electron chi connectivity index (χ1n) is 6.48. The molecule has 2 rings (SSSR count). The largest absolute Gasteiger partial charge is 0.573 e. The number of hydrogen-bond acceptors (Lipinski definition) is 2. The van der Waals surface area contributed by atoms with Crippen LogP contribution in [-0.4, -0.2) is 11.5 Å². The van der Waals surface area contributed by atoms with Crippen molar-refractivity contribution in [3.63, 3.8) is 0 Å². The van der Waals surface area contributed by atoms with Gasteiger partial charge in [-0.1, -0.05) is 43.9 Å². The number of para-hydroxylation sites is 1. The molecule has 0 amide bonds. The highest BCUT2D eigenvalue weighted by Crippen LogP contribution is 2.37. The van der Waals surface area contributed by atoms with Crippen molar-refractivity contribution in [2.75, 3.05) is 0 Å². The summed E-state index contributed by atoms with van der Waals surface area (Å²) in [4.78, 5) is 0. The summed E-state index contributed by atoms with van der Waals surface area (Å²) >= 11 is 0. The Balaban J connectivity index is 2.09. The lowest BCUT2D eigenvalue weighted by Gasteiger charge is -2.19. The molecule has 1 aromatic rings. The van der Waals surface area contributed by atoms with Crippen molar-refractivity contribution in [1.29, 1.82) is 0 Å². The molecule has 19 heavy (non-hydrogen) atoms. The molecule has 0 saturated heterocycles. The molecule has 1 aliphatic rings. The van der Waals surface area contributed by atoms with E-state index in [1.54, 1.807) is 6.07 Å². The van der Waals surface area contributed by atoms with E-state index in [1.807, 2.05) is 0 Å². The molecule has 0 aliphatic heterocycles. The minimum absolute atomic E-state index is 0.215. The molecule has 1 aromatic carbocycles. The molecule has 1 fully saturated rings. The van der Waals surface area contributed by atoms with Gasteiger partial charge in [0, 0.05) is 5.56 Å². The number of hydrogen-bond donors (Lipinski definition) is 1. The minimum atomic E-state index is -4.73. The summed E-state index contributed by atoms with van der Waals surface area (Å²) < 4.78 is 40.8. The van der Waals surface area contributed by atoms with Crippen LogP contribution >= 0.6 is 0 Å². The van der Waals surface area contributed by atoms with E-state index in [0.717, 1.165) is 25.7 Å². The molecule has 106 valence electrons. The highest BCUT2D eigenvalue weighted by atomic mass is 19.4. The lowest BCUT2D eigenvalue weighted by Crippen LogP contribution is -2.19. The topological polar surface area (TPSA) is 29.5 Å². The summed E-state index contributed by atoms with van der Waals surface area (Å²) in [5.74, 6) is 0.0921. The van der Waals surface area contributed by atoms with E-state index in [0.29, 0.717) is 12.3 Å². The fraction of sp³-hybridized carbons (Fsp3) is 0.571. The molecule has 0 heterocycles. The van der Waals surface area contributed by atoms with Gasteiger partial charge >= 0.3 is 6.36 Å². The standard InChI is InChI=1S/C14H17F3O2/c15-14(16,17)19-13-8-4-3-7-11(13)12(18)9-10-5-1-2-6-10/h3-4,7-8,10,12,18H,1-2,5-6,9H2. The molecule has 1 aliphatic carbocycles. The van der Waals surface area contributed by atoms with Crippen LogP contribution in [0.2, 0.25) is 0 Å². The van der Waals surface area contributed by atoms with Gasteiger partial charge in [0.2, 0.25) is 0 Å². The fourth-order valence-corrected chi connectivity index (χ4v) is 2.66. The molecule has 0 aromatic heterocycles. The number of aliphatic hydroxyl groups is 1. The Kier molecular flexibility index (Phi) is 4.34. The Morgan fingerprint density at radius 3 is 2.47 bits per heavy atom. The van der Waals surface area contributed by atoms with Crippen molar-refractivity contribution in [2.45, 2.75) is 44.6 Å². The quantitative estimate of drug-likeness (QED) is 0.891. The summed E-state index contributed by atoms with van der Waals surface area (Å²) in [6.45, 7) is 0. The average molecular weight is 274 g/mol. The van der Waals surface area contributed by atoms with Gasteiger partial charge in [0.1, 0.15) is 5.75 Å². The summed E-state index contributed by atoms with van der Waals surface area (Å²) in [5.41, 5.74) is 0.215. The smallest absolute Gasteiger partial charge is 0.405 e. The Morgan fingerprint density at radius 1 is 1.21 bits per heavy atom. The maximum atomic E-state index is 12.3. The van der Waals surface area contributed by atoms with Crippen molar-refractivity contribution in [3.05, 3.63) is 29.8 Å². The molecule has 0 spiro atoms. The zero-order valence-electron chi connectivity index (χ0n) is 10.5. The van der Waals surface area contributed by atoms with Gasteiger partial charge in [-0.05, 0) is 18.4 Å². The molecule has 1 atom stereocenters. The summed E-state index contributed by atoms with van der Waals surface area (Å²) in [7, 11) is 0. The highest BCUT2D eigenvalue weighted by Gasteiger charge is 2.33. The maximum Gasteiger partial charge on any atom is 0.573 e. The van der Waals surface area contributed by atoms with Gasteiger partial charge < -0.3 is 9.84 Å². The highest BCUT2D eigenvalue weighted by molar-refractivity contribution is 5.35. The minimum Gasteiger partial charge on any atom is -0.405 e. The third-order valence-corrected chi connectivity index (χ3v) is 3.54. The van der Waals surface area contributed by atoms with Gasteiger partial charge in [0.25, 0.3) is 0 Å². The normalized spacial score (nSPS) is 18.5. The molecule has 0 bridgehead atoms. The van der Waals surface area contributed by atoms with Gasteiger partial charge in [-0.3, -0.25) is 0 Å². The van der Waals surface area contributed by atoms with Gasteiger partial charge in [-0.25, -0.2) is 0 Å². The molecule has 5 heteroatoms. The van der Waals surface area contributed by atoms with E-state index >= 15 is 0 Å². The summed E-state index contributed by atoms with van der Waals surface area (Å²) in [6.07, 6.45) is -0.780. The predicted molar refractivity (Wildman–Crippen MR) is 64.7 cm³/mol. The van der Waals surface area contributed by atoms with Crippen LogP contribution in [-0.2, 0) is 0 Å². The Labute approximate surface area is 110 Å². The van der Waals surface area contributed by atoms with Gasteiger partial charge in [0.05, 0.1) is 6.10 Å². The van der Waals surface area contributed by atoms with E-state index in [1.165, 1.54) is 18.2 Å². The SMILES string of the molecule is OC(CC1CCCC1)c1ccccc1OC(F)(F)F. The number of alkyl halides is 3. The third-order valence-electron chi connectivity index (χ3n) is 3.54. The molecule has 1 saturated carbocycles. The van der Waals surface area contributed by atoms with Gasteiger partial charge in [0.15, 0.2) is 0 Å². The van der Waals surface area contributed by atoms with Crippen LogP contribution in [0.15, 0.2) is 24.3 Å². The second kappa shape index (κ2) is 5.82. The Morgan fingerprint density at radius 2 is 1.84 bits per heavy atom. The van der Waals surface area contributed by atoms with E-state index in [4.69, 9.17) is 0 Å². The van der Waals surface area contributed by atoms with Gasteiger partial charge in [-0.15, -0.1) is 13.2 Å². The van der Waals surface area contributed by atoms with Crippen LogP contribution in [0.25, 0.3) is 0 Å². The molecular formula is C14H17F3O2. The molecule has 2 nitrogen and oxygen atoms in total. The first kappa shape index (κ1) is 14.2. The number of ether oxygens (including phenoxy) is 1. The number of benzene rings is 1. The molecule has 1 unspecified atom stereocenters. The second-order valence-electron chi connectivity index (χ2n) is 4.99. The Bertz CT molecular complexity index is 411. The predicted octanol–water partition coefficient (Wildman–Crippen LogP) is 4.20. The third kappa shape index (κ3) is 4.13. The maximum absolute atomic E-state index is 12.3. The molecule has 1 N–H and O–H groups in total. The van der Waals surface area contributed by atoms with Crippen LogP contribution in [0.1, 0.15) is 43.8 Å². The number of halogens is 3. The first-order chi connectivity index (χ1) is 8.96. The van der Waals surface area contributed by atoms with E-state index in [2.05, 4.69) is 4.74 Å². The van der Waals surface area contributed by atoms with Crippen molar-refractivity contribution < 1.29 is 23.0 Å². The van der Waals surface area contributed by atoms with Crippen LogP contribution < -0.4 is 4.74 Å². The van der Waals surface area contributed by atoms with E-state index in [9.17, 15) is 18.3 Å². The summed E-state index contributed by atoms with van der Waals surface area (Å²) in [6, 6.07) is 5.80.